The molecule has 0 spiro atoms. The van der Waals surface area contributed by atoms with E-state index in [0.717, 1.165) is 5.01 Å². The van der Waals surface area contributed by atoms with Crippen LogP contribution in [0.3, 0.4) is 0 Å². The summed E-state index contributed by atoms with van der Waals surface area (Å²) in [5, 5.41) is 1.09. The van der Waals surface area contributed by atoms with Crippen LogP contribution >= 0.6 is 11.3 Å². The topological polar surface area (TPSA) is 12.9 Å². The molecule has 0 aliphatic carbocycles. The van der Waals surface area contributed by atoms with Crippen LogP contribution in [-0.4, -0.2) is 4.98 Å². The monoisotopic (exact) mass is 199 g/mol. The van der Waals surface area contributed by atoms with E-state index in [1.807, 2.05) is 53.0 Å². The number of hydrogen-bond acceptors (Lipinski definition) is 2. The van der Waals surface area contributed by atoms with E-state index < -0.39 is 0 Å². The van der Waals surface area contributed by atoms with E-state index in [1.165, 1.54) is 4.88 Å². The highest BCUT2D eigenvalue weighted by Gasteiger charge is 1.89. The molecule has 0 aromatic carbocycles. The van der Waals surface area contributed by atoms with Crippen LogP contribution in [0.25, 0.3) is 6.08 Å². The molecule has 0 saturated carbocycles. The minimum absolute atomic E-state index is 1.09. The van der Waals surface area contributed by atoms with E-state index in [4.69, 9.17) is 0 Å². The van der Waals surface area contributed by atoms with Crippen molar-refractivity contribution < 1.29 is 0 Å². The predicted molar refractivity (Wildman–Crippen MR) is 64.3 cm³/mol. The molecule has 1 aromatic rings. The normalized spacial score (nSPS) is 8.46. The van der Waals surface area contributed by atoms with Crippen molar-refractivity contribution in [3.8, 4) is 0 Å². The highest BCUT2D eigenvalue weighted by molar-refractivity contribution is 7.12. The summed E-state index contributed by atoms with van der Waals surface area (Å²) in [6.45, 7) is 12.1. The van der Waals surface area contributed by atoms with Gasteiger partial charge in [0.2, 0.25) is 0 Å². The number of hydrogen-bond donors (Lipinski definition) is 0. The van der Waals surface area contributed by atoms with Gasteiger partial charge in [0.25, 0.3) is 0 Å². The van der Waals surface area contributed by atoms with Crippen molar-refractivity contribution in [2.24, 2.45) is 0 Å². The lowest BCUT2D eigenvalue weighted by Gasteiger charge is -1.75. The van der Waals surface area contributed by atoms with Crippen LogP contribution in [0, 0.1) is 6.92 Å². The molecule has 0 aliphatic heterocycles. The van der Waals surface area contributed by atoms with Crippen LogP contribution in [0.1, 0.15) is 44.5 Å². The van der Waals surface area contributed by atoms with E-state index >= 15 is 0 Å². The standard InChI is InChI=1S/C7H9NS.2C2H6/c1-3-4-7-8-5-6(2)9-7;2*1-2/h3-5H,1-2H3;2*1-2H3/b4-3+;;. The Hall–Kier alpha value is -0.630. The van der Waals surface area contributed by atoms with Gasteiger partial charge in [-0.05, 0) is 19.9 Å². The third-order valence-electron chi connectivity index (χ3n) is 0.948. The molecular formula is C11H21NS. The van der Waals surface area contributed by atoms with Gasteiger partial charge in [0.1, 0.15) is 5.01 Å². The maximum atomic E-state index is 4.14. The maximum absolute atomic E-state index is 4.14. The van der Waals surface area contributed by atoms with E-state index in [-0.39, 0.29) is 0 Å². The fourth-order valence-corrected chi connectivity index (χ4v) is 1.34. The van der Waals surface area contributed by atoms with Crippen LogP contribution in [-0.2, 0) is 0 Å². The number of allylic oxidation sites excluding steroid dienone is 1. The van der Waals surface area contributed by atoms with Gasteiger partial charge in [0, 0.05) is 11.1 Å². The van der Waals surface area contributed by atoms with Crippen molar-refractivity contribution >= 4 is 17.4 Å². The Morgan fingerprint density at radius 1 is 1.23 bits per heavy atom. The van der Waals surface area contributed by atoms with E-state index in [2.05, 4.69) is 11.9 Å². The van der Waals surface area contributed by atoms with E-state index in [1.54, 1.807) is 11.3 Å². The fourth-order valence-electron chi connectivity index (χ4n) is 0.592. The fraction of sp³-hybridized carbons (Fsp3) is 0.545. The number of rotatable bonds is 1. The van der Waals surface area contributed by atoms with Gasteiger partial charge < -0.3 is 0 Å². The minimum Gasteiger partial charge on any atom is -0.245 e. The quantitative estimate of drug-likeness (QED) is 0.647. The highest BCUT2D eigenvalue weighted by atomic mass is 32.1. The summed E-state index contributed by atoms with van der Waals surface area (Å²) in [6.07, 6.45) is 5.90. The molecule has 0 radical (unpaired) electrons. The van der Waals surface area contributed by atoms with Crippen LogP contribution in [0.15, 0.2) is 12.3 Å². The second kappa shape index (κ2) is 11.4. The predicted octanol–water partition coefficient (Wildman–Crippen LogP) is 4.54. The van der Waals surface area contributed by atoms with Gasteiger partial charge in [-0.25, -0.2) is 4.98 Å². The van der Waals surface area contributed by atoms with Gasteiger partial charge in [-0.1, -0.05) is 33.8 Å². The van der Waals surface area contributed by atoms with Gasteiger partial charge in [0.05, 0.1) is 0 Å². The highest BCUT2D eigenvalue weighted by Crippen LogP contribution is 2.11. The smallest absolute Gasteiger partial charge is 0.115 e. The number of nitrogens with zero attached hydrogens (tertiary/aromatic N) is 1. The lowest BCUT2D eigenvalue weighted by atomic mass is 10.5. The summed E-state index contributed by atoms with van der Waals surface area (Å²) in [7, 11) is 0. The molecule has 0 saturated heterocycles. The van der Waals surface area contributed by atoms with Crippen LogP contribution in [0.2, 0.25) is 0 Å². The maximum Gasteiger partial charge on any atom is 0.115 e. The zero-order chi connectivity index (χ0) is 10.7. The first-order valence-corrected chi connectivity index (χ1v) is 5.69. The summed E-state index contributed by atoms with van der Waals surface area (Å²) in [5.41, 5.74) is 0. The first-order valence-electron chi connectivity index (χ1n) is 4.88. The second-order valence-corrected chi connectivity index (χ2v) is 3.08. The minimum atomic E-state index is 1.09. The number of thiazole rings is 1. The Balaban J connectivity index is 0. The lowest BCUT2D eigenvalue weighted by Crippen LogP contribution is -1.60. The zero-order valence-electron chi connectivity index (χ0n) is 9.59. The molecule has 0 amide bonds. The third-order valence-corrected chi connectivity index (χ3v) is 1.83. The molecule has 0 aliphatic rings. The number of aryl methyl sites for hydroxylation is 1. The Bertz CT molecular complexity index is 214. The molecule has 13 heavy (non-hydrogen) atoms. The molecule has 0 unspecified atom stereocenters. The van der Waals surface area contributed by atoms with Gasteiger partial charge in [-0.15, -0.1) is 11.3 Å². The second-order valence-electron chi connectivity index (χ2n) is 1.81. The van der Waals surface area contributed by atoms with Crippen molar-refractivity contribution in [2.45, 2.75) is 41.5 Å². The average Bonchev–Trinajstić information content (AvgIpc) is 2.59. The third kappa shape index (κ3) is 7.72. The van der Waals surface area contributed by atoms with Crippen molar-refractivity contribution in [2.75, 3.05) is 0 Å². The van der Waals surface area contributed by atoms with E-state index in [0.29, 0.717) is 0 Å². The van der Waals surface area contributed by atoms with Crippen LogP contribution in [0.4, 0.5) is 0 Å². The van der Waals surface area contributed by atoms with Gasteiger partial charge in [-0.2, -0.15) is 0 Å². The Morgan fingerprint density at radius 3 is 2.08 bits per heavy atom. The van der Waals surface area contributed by atoms with Crippen molar-refractivity contribution in [1.29, 1.82) is 0 Å². The summed E-state index contributed by atoms with van der Waals surface area (Å²) >= 11 is 1.71. The Labute approximate surface area is 86.5 Å². The zero-order valence-corrected chi connectivity index (χ0v) is 10.4. The largest absolute Gasteiger partial charge is 0.245 e. The molecule has 2 heteroatoms. The lowest BCUT2D eigenvalue weighted by molar-refractivity contribution is 1.36. The summed E-state index contributed by atoms with van der Waals surface area (Å²) in [5.74, 6) is 0. The molecule has 0 atom stereocenters. The molecule has 1 heterocycles. The first-order chi connectivity index (χ1) is 6.33. The molecular weight excluding hydrogens is 178 g/mol. The average molecular weight is 199 g/mol. The molecule has 76 valence electrons. The molecule has 1 nitrogen and oxygen atoms in total. The first kappa shape index (κ1) is 14.9. The summed E-state index contributed by atoms with van der Waals surface area (Å²) < 4.78 is 0. The molecule has 1 aromatic heterocycles. The molecule has 0 N–H and O–H groups in total. The number of aromatic nitrogens is 1. The van der Waals surface area contributed by atoms with Crippen molar-refractivity contribution in [1.82, 2.24) is 4.98 Å². The Morgan fingerprint density at radius 2 is 1.77 bits per heavy atom. The van der Waals surface area contributed by atoms with Gasteiger partial charge in [-0.3, -0.25) is 0 Å². The van der Waals surface area contributed by atoms with Gasteiger partial charge >= 0.3 is 0 Å². The van der Waals surface area contributed by atoms with E-state index in [9.17, 15) is 0 Å². The van der Waals surface area contributed by atoms with Crippen molar-refractivity contribution in [3.05, 3.63) is 22.2 Å². The molecule has 1 rings (SSSR count). The van der Waals surface area contributed by atoms with Crippen LogP contribution in [0.5, 0.6) is 0 Å². The molecule has 0 bridgehead atoms. The SMILES string of the molecule is C/C=C/c1ncc(C)s1.CC.CC. The summed E-state index contributed by atoms with van der Waals surface area (Å²) in [4.78, 5) is 5.40. The molecule has 0 fully saturated rings. The Kier molecular flexibility index (Phi) is 13.0. The van der Waals surface area contributed by atoms with Crippen molar-refractivity contribution in [3.63, 3.8) is 0 Å². The summed E-state index contributed by atoms with van der Waals surface area (Å²) in [6, 6.07) is 0. The van der Waals surface area contributed by atoms with Crippen LogP contribution < -0.4 is 0 Å². The van der Waals surface area contributed by atoms with Gasteiger partial charge in [0.15, 0.2) is 0 Å².